The number of amides is 1. The molecule has 0 radical (unpaired) electrons. The minimum atomic E-state index is -0.431. The quantitative estimate of drug-likeness (QED) is 0.780. The lowest BCUT2D eigenvalue weighted by Crippen LogP contribution is -2.14. The van der Waals surface area contributed by atoms with Crippen LogP contribution >= 0.6 is 0 Å². The molecule has 0 atom stereocenters. The van der Waals surface area contributed by atoms with Gasteiger partial charge in [0.25, 0.3) is 5.91 Å². The average Bonchev–Trinajstić information content (AvgIpc) is 2.40. The number of carbonyl (C=O) groups excluding carboxylic acids is 1. The van der Waals surface area contributed by atoms with Gasteiger partial charge in [0.15, 0.2) is 5.69 Å². The molecule has 3 N–H and O–H groups in total. The number of benzene rings is 1. The highest BCUT2D eigenvalue weighted by Crippen LogP contribution is 2.16. The smallest absolute Gasteiger partial charge is 0.278 e. The number of carbonyl (C=O) groups is 1. The summed E-state index contributed by atoms with van der Waals surface area (Å²) in [5.41, 5.74) is 1.75. The van der Waals surface area contributed by atoms with Gasteiger partial charge >= 0.3 is 0 Å². The monoisotopic (exact) mass is 257 g/mol. The molecule has 5 heteroatoms. The molecule has 0 aliphatic heterocycles. The van der Waals surface area contributed by atoms with Crippen LogP contribution in [0.5, 0.6) is 5.75 Å². The first-order valence-corrected chi connectivity index (χ1v) is 5.89. The van der Waals surface area contributed by atoms with Crippen molar-refractivity contribution < 1.29 is 9.90 Å². The largest absolute Gasteiger partial charge is 0.505 e. The van der Waals surface area contributed by atoms with E-state index in [-0.39, 0.29) is 11.4 Å². The second-order valence-electron chi connectivity index (χ2n) is 4.06. The van der Waals surface area contributed by atoms with Gasteiger partial charge in [0.2, 0.25) is 0 Å². The fourth-order valence-electron chi connectivity index (χ4n) is 1.73. The number of aromatic hydroxyl groups is 1. The molecular formula is C14H15N3O2. The van der Waals surface area contributed by atoms with Crippen LogP contribution < -0.4 is 10.6 Å². The third-order valence-corrected chi connectivity index (χ3v) is 2.57. The molecule has 1 heterocycles. The van der Waals surface area contributed by atoms with Crippen LogP contribution in [0.15, 0.2) is 42.6 Å². The van der Waals surface area contributed by atoms with E-state index in [1.54, 1.807) is 12.1 Å². The maximum absolute atomic E-state index is 12.0. The van der Waals surface area contributed by atoms with E-state index in [0.717, 1.165) is 12.1 Å². The molecule has 0 bridgehead atoms. The highest BCUT2D eigenvalue weighted by Gasteiger charge is 2.12. The number of nitrogens with one attached hydrogen (secondary N) is 2. The van der Waals surface area contributed by atoms with Gasteiger partial charge in [0.1, 0.15) is 5.75 Å². The summed E-state index contributed by atoms with van der Waals surface area (Å²) >= 11 is 0. The zero-order valence-electron chi connectivity index (χ0n) is 10.6. The van der Waals surface area contributed by atoms with E-state index in [1.165, 1.54) is 12.3 Å². The standard InChI is InChI=1S/C14H15N3O2/c1-15-9-10-4-2-5-11(8-10)17-14(19)13-12(18)6-3-7-16-13/h2-8,15,18H,9H2,1H3,(H,17,19). The average molecular weight is 257 g/mol. The predicted molar refractivity (Wildman–Crippen MR) is 73.1 cm³/mol. The van der Waals surface area contributed by atoms with Gasteiger partial charge in [-0.25, -0.2) is 4.98 Å². The molecule has 0 unspecified atom stereocenters. The lowest BCUT2D eigenvalue weighted by atomic mass is 10.2. The van der Waals surface area contributed by atoms with Gasteiger partial charge in [-0.1, -0.05) is 12.1 Å². The van der Waals surface area contributed by atoms with E-state index < -0.39 is 5.91 Å². The lowest BCUT2D eigenvalue weighted by Gasteiger charge is -2.07. The van der Waals surface area contributed by atoms with Crippen molar-refractivity contribution in [1.29, 1.82) is 0 Å². The molecular weight excluding hydrogens is 242 g/mol. The van der Waals surface area contributed by atoms with E-state index in [2.05, 4.69) is 15.6 Å². The van der Waals surface area contributed by atoms with E-state index in [0.29, 0.717) is 5.69 Å². The number of hydrogen-bond acceptors (Lipinski definition) is 4. The van der Waals surface area contributed by atoms with E-state index in [1.807, 2.05) is 25.2 Å². The second-order valence-corrected chi connectivity index (χ2v) is 4.06. The first-order chi connectivity index (χ1) is 9.20. The summed E-state index contributed by atoms with van der Waals surface area (Å²) in [7, 11) is 1.86. The van der Waals surface area contributed by atoms with Crippen molar-refractivity contribution in [1.82, 2.24) is 10.3 Å². The molecule has 98 valence electrons. The minimum absolute atomic E-state index is 0.0153. The zero-order valence-corrected chi connectivity index (χ0v) is 10.6. The first-order valence-electron chi connectivity index (χ1n) is 5.89. The summed E-state index contributed by atoms with van der Waals surface area (Å²) in [6.07, 6.45) is 1.46. The first kappa shape index (κ1) is 13.0. The van der Waals surface area contributed by atoms with Crippen LogP contribution in [0.1, 0.15) is 16.1 Å². The Bertz CT molecular complexity index is 584. The molecule has 0 spiro atoms. The molecule has 2 rings (SSSR count). The molecule has 0 saturated heterocycles. The number of hydrogen-bond donors (Lipinski definition) is 3. The van der Waals surface area contributed by atoms with Crippen molar-refractivity contribution in [3.8, 4) is 5.75 Å². The van der Waals surface area contributed by atoms with Crippen LogP contribution in [-0.2, 0) is 6.54 Å². The van der Waals surface area contributed by atoms with Gasteiger partial charge in [-0.15, -0.1) is 0 Å². The van der Waals surface area contributed by atoms with E-state index >= 15 is 0 Å². The van der Waals surface area contributed by atoms with Crippen LogP contribution in [0.2, 0.25) is 0 Å². The number of aromatic nitrogens is 1. The fraction of sp³-hybridized carbons (Fsp3) is 0.143. The number of nitrogens with zero attached hydrogens (tertiary/aromatic N) is 1. The van der Waals surface area contributed by atoms with Crippen molar-refractivity contribution in [3.63, 3.8) is 0 Å². The molecule has 0 fully saturated rings. The predicted octanol–water partition coefficient (Wildman–Crippen LogP) is 1.76. The minimum Gasteiger partial charge on any atom is -0.505 e. The van der Waals surface area contributed by atoms with E-state index in [9.17, 15) is 9.90 Å². The summed E-state index contributed by atoms with van der Waals surface area (Å²) in [6.45, 7) is 0.721. The number of anilines is 1. The van der Waals surface area contributed by atoms with Gasteiger partial charge in [0.05, 0.1) is 0 Å². The highest BCUT2D eigenvalue weighted by atomic mass is 16.3. The van der Waals surface area contributed by atoms with Crippen LogP contribution in [0.3, 0.4) is 0 Å². The molecule has 1 aromatic carbocycles. The van der Waals surface area contributed by atoms with Crippen molar-refractivity contribution in [2.45, 2.75) is 6.54 Å². The van der Waals surface area contributed by atoms with Crippen LogP contribution in [0, 0.1) is 0 Å². The Morgan fingerprint density at radius 1 is 1.32 bits per heavy atom. The third kappa shape index (κ3) is 3.29. The molecule has 2 aromatic rings. The van der Waals surface area contributed by atoms with E-state index in [4.69, 9.17) is 0 Å². The third-order valence-electron chi connectivity index (χ3n) is 2.57. The van der Waals surface area contributed by atoms with Gasteiger partial charge in [-0.2, -0.15) is 0 Å². The molecule has 0 saturated carbocycles. The lowest BCUT2D eigenvalue weighted by molar-refractivity contribution is 0.101. The summed E-state index contributed by atoms with van der Waals surface area (Å²) in [5.74, 6) is -0.564. The Morgan fingerprint density at radius 3 is 2.89 bits per heavy atom. The Kier molecular flexibility index (Phi) is 4.10. The van der Waals surface area contributed by atoms with Gasteiger partial charge in [-0.05, 0) is 36.9 Å². The summed E-state index contributed by atoms with van der Waals surface area (Å²) in [4.78, 5) is 15.8. The Morgan fingerprint density at radius 2 is 2.16 bits per heavy atom. The number of pyridine rings is 1. The SMILES string of the molecule is CNCc1cccc(NC(=O)c2ncccc2O)c1. The zero-order chi connectivity index (χ0) is 13.7. The van der Waals surface area contributed by atoms with Crippen molar-refractivity contribution in [2.24, 2.45) is 0 Å². The Hall–Kier alpha value is -2.40. The topological polar surface area (TPSA) is 74.2 Å². The summed E-state index contributed by atoms with van der Waals surface area (Å²) in [6, 6.07) is 10.5. The van der Waals surface area contributed by atoms with Crippen molar-refractivity contribution in [3.05, 3.63) is 53.9 Å². The summed E-state index contributed by atoms with van der Waals surface area (Å²) in [5, 5.41) is 15.3. The molecule has 1 amide bonds. The van der Waals surface area contributed by atoms with Crippen molar-refractivity contribution in [2.75, 3.05) is 12.4 Å². The molecule has 0 aliphatic rings. The molecule has 19 heavy (non-hydrogen) atoms. The van der Waals surface area contributed by atoms with Crippen molar-refractivity contribution >= 4 is 11.6 Å². The summed E-state index contributed by atoms with van der Waals surface area (Å²) < 4.78 is 0. The van der Waals surface area contributed by atoms with Crippen LogP contribution in [0.4, 0.5) is 5.69 Å². The normalized spacial score (nSPS) is 10.2. The maximum atomic E-state index is 12.0. The Balaban J connectivity index is 2.15. The Labute approximate surface area is 111 Å². The fourth-order valence-corrected chi connectivity index (χ4v) is 1.73. The number of rotatable bonds is 4. The van der Waals surface area contributed by atoms with Gasteiger partial charge in [0, 0.05) is 18.4 Å². The van der Waals surface area contributed by atoms with Gasteiger partial charge < -0.3 is 15.7 Å². The highest BCUT2D eigenvalue weighted by molar-refractivity contribution is 6.04. The van der Waals surface area contributed by atoms with Crippen LogP contribution in [0.25, 0.3) is 0 Å². The second kappa shape index (κ2) is 5.97. The maximum Gasteiger partial charge on any atom is 0.278 e. The van der Waals surface area contributed by atoms with Crippen LogP contribution in [-0.4, -0.2) is 23.0 Å². The molecule has 0 aliphatic carbocycles. The molecule has 1 aromatic heterocycles. The molecule has 5 nitrogen and oxygen atoms in total. The van der Waals surface area contributed by atoms with Gasteiger partial charge in [-0.3, -0.25) is 4.79 Å².